The van der Waals surface area contributed by atoms with Gasteiger partial charge in [-0.25, -0.2) is 4.98 Å². The Morgan fingerprint density at radius 1 is 1.35 bits per heavy atom. The highest BCUT2D eigenvalue weighted by molar-refractivity contribution is 5.75. The van der Waals surface area contributed by atoms with E-state index in [0.29, 0.717) is 13.0 Å². The number of nitriles is 2. The zero-order chi connectivity index (χ0) is 14.6. The van der Waals surface area contributed by atoms with Crippen LogP contribution in [0.1, 0.15) is 25.6 Å². The smallest absolute Gasteiger partial charge is 0.124 e. The van der Waals surface area contributed by atoms with Crippen molar-refractivity contribution in [1.29, 1.82) is 10.5 Å². The lowest BCUT2D eigenvalue weighted by Crippen LogP contribution is -2.34. The number of hydrogen-bond donors (Lipinski definition) is 1. The molecular formula is C15H17N5. The van der Waals surface area contributed by atoms with Gasteiger partial charge in [-0.1, -0.05) is 12.1 Å². The Bertz CT molecular complexity index is 684. The van der Waals surface area contributed by atoms with Crippen molar-refractivity contribution in [3.05, 3.63) is 30.1 Å². The van der Waals surface area contributed by atoms with Crippen molar-refractivity contribution in [2.45, 2.75) is 38.3 Å². The van der Waals surface area contributed by atoms with Crippen molar-refractivity contribution in [1.82, 2.24) is 9.55 Å². The number of benzene rings is 1. The van der Waals surface area contributed by atoms with Gasteiger partial charge in [-0.2, -0.15) is 10.5 Å². The molecule has 1 atom stereocenters. The maximum atomic E-state index is 8.92. The molecule has 0 radical (unpaired) electrons. The molecule has 1 aromatic heterocycles. The molecule has 1 unspecified atom stereocenters. The number of aromatic nitrogens is 2. The van der Waals surface area contributed by atoms with E-state index < -0.39 is 5.54 Å². The molecule has 0 fully saturated rings. The minimum atomic E-state index is -0.800. The van der Waals surface area contributed by atoms with Gasteiger partial charge in [0.15, 0.2) is 0 Å². The summed E-state index contributed by atoms with van der Waals surface area (Å²) in [5.74, 6) is 0.768. The van der Waals surface area contributed by atoms with Gasteiger partial charge in [0.25, 0.3) is 0 Å². The van der Waals surface area contributed by atoms with Gasteiger partial charge in [-0.15, -0.1) is 0 Å². The molecule has 0 saturated heterocycles. The van der Waals surface area contributed by atoms with E-state index in [1.54, 1.807) is 6.92 Å². The number of fused-ring (bicyclic) bond motifs is 1. The van der Waals surface area contributed by atoms with Gasteiger partial charge in [0.05, 0.1) is 29.6 Å². The Morgan fingerprint density at radius 3 is 2.80 bits per heavy atom. The summed E-state index contributed by atoms with van der Waals surface area (Å²) in [5.41, 5.74) is 6.95. The summed E-state index contributed by atoms with van der Waals surface area (Å²) in [6.07, 6.45) is 1.67. The van der Waals surface area contributed by atoms with Gasteiger partial charge in [-0.05, 0) is 31.9 Å². The first-order chi connectivity index (χ1) is 9.57. The first-order valence-electron chi connectivity index (χ1n) is 6.58. The third-order valence-corrected chi connectivity index (χ3v) is 3.30. The van der Waals surface area contributed by atoms with Crippen molar-refractivity contribution < 1.29 is 0 Å². The fourth-order valence-corrected chi connectivity index (χ4v) is 2.24. The second-order valence-corrected chi connectivity index (χ2v) is 5.14. The topological polar surface area (TPSA) is 91.4 Å². The van der Waals surface area contributed by atoms with Crippen LogP contribution in [0.15, 0.2) is 24.3 Å². The van der Waals surface area contributed by atoms with Crippen LogP contribution in [0.5, 0.6) is 0 Å². The number of rotatable bonds is 5. The second-order valence-electron chi connectivity index (χ2n) is 5.14. The molecule has 0 aliphatic heterocycles. The molecule has 5 heteroatoms. The maximum Gasteiger partial charge on any atom is 0.124 e. The van der Waals surface area contributed by atoms with Crippen LogP contribution >= 0.6 is 0 Å². The fraction of sp³-hybridized carbons (Fsp3) is 0.400. The Kier molecular flexibility index (Phi) is 4.02. The van der Waals surface area contributed by atoms with E-state index in [2.05, 4.69) is 17.1 Å². The average molecular weight is 267 g/mol. The van der Waals surface area contributed by atoms with E-state index in [9.17, 15) is 0 Å². The largest absolute Gasteiger partial charge is 0.327 e. The highest BCUT2D eigenvalue weighted by Crippen LogP contribution is 2.18. The Balaban J connectivity index is 2.22. The third-order valence-electron chi connectivity index (χ3n) is 3.30. The van der Waals surface area contributed by atoms with E-state index >= 15 is 0 Å². The highest BCUT2D eigenvalue weighted by atomic mass is 15.1. The molecule has 0 amide bonds. The van der Waals surface area contributed by atoms with E-state index in [0.717, 1.165) is 23.3 Å². The monoisotopic (exact) mass is 267 g/mol. The molecule has 2 rings (SSSR count). The predicted molar refractivity (Wildman–Crippen MR) is 76.5 cm³/mol. The first kappa shape index (κ1) is 14.0. The average Bonchev–Trinajstić information content (AvgIpc) is 2.77. The molecule has 1 heterocycles. The van der Waals surface area contributed by atoms with E-state index in [1.807, 2.05) is 28.8 Å². The number of nitrogens with zero attached hydrogens (tertiary/aromatic N) is 4. The molecule has 2 N–H and O–H groups in total. The van der Waals surface area contributed by atoms with Gasteiger partial charge >= 0.3 is 0 Å². The zero-order valence-corrected chi connectivity index (χ0v) is 11.5. The van der Waals surface area contributed by atoms with Crippen molar-refractivity contribution in [2.24, 2.45) is 5.73 Å². The zero-order valence-electron chi connectivity index (χ0n) is 11.5. The molecular weight excluding hydrogens is 250 g/mol. The summed E-state index contributed by atoms with van der Waals surface area (Å²) in [7, 11) is 0. The Labute approximate surface area is 118 Å². The van der Waals surface area contributed by atoms with Gasteiger partial charge < -0.3 is 10.3 Å². The number of para-hydroxylation sites is 2. The third kappa shape index (κ3) is 2.96. The summed E-state index contributed by atoms with van der Waals surface area (Å²) in [5, 5.41) is 17.8. The lowest BCUT2D eigenvalue weighted by atomic mass is 9.99. The van der Waals surface area contributed by atoms with Crippen molar-refractivity contribution in [3.8, 4) is 12.1 Å². The molecule has 1 aromatic carbocycles. The highest BCUT2D eigenvalue weighted by Gasteiger charge is 2.17. The van der Waals surface area contributed by atoms with Crippen molar-refractivity contribution >= 4 is 11.0 Å². The normalized spacial score (nSPS) is 13.6. The molecule has 0 spiro atoms. The molecule has 0 aliphatic rings. The first-order valence-corrected chi connectivity index (χ1v) is 6.58. The van der Waals surface area contributed by atoms with Crippen LogP contribution in [0.25, 0.3) is 11.0 Å². The minimum absolute atomic E-state index is 0.285. The van der Waals surface area contributed by atoms with E-state index in [4.69, 9.17) is 16.3 Å². The molecule has 20 heavy (non-hydrogen) atoms. The number of aryl methyl sites for hydroxylation is 1. The number of nitrogens with two attached hydrogens (primary N) is 1. The lowest BCUT2D eigenvalue weighted by Gasteiger charge is -2.15. The van der Waals surface area contributed by atoms with Crippen molar-refractivity contribution in [2.75, 3.05) is 0 Å². The van der Waals surface area contributed by atoms with Crippen LogP contribution in [0.2, 0.25) is 0 Å². The van der Waals surface area contributed by atoms with Gasteiger partial charge in [0, 0.05) is 6.54 Å². The lowest BCUT2D eigenvalue weighted by molar-refractivity contribution is 0.488. The summed E-state index contributed by atoms with van der Waals surface area (Å²) >= 11 is 0. The molecule has 0 aliphatic carbocycles. The maximum absolute atomic E-state index is 8.92. The van der Waals surface area contributed by atoms with Crippen LogP contribution in [0.4, 0.5) is 0 Å². The Hall–Kier alpha value is -2.37. The van der Waals surface area contributed by atoms with E-state index in [1.165, 1.54) is 0 Å². The summed E-state index contributed by atoms with van der Waals surface area (Å²) in [6, 6.07) is 12.1. The molecule has 0 bridgehead atoms. The van der Waals surface area contributed by atoms with Gasteiger partial charge in [0.2, 0.25) is 0 Å². The molecule has 102 valence electrons. The second kappa shape index (κ2) is 5.73. The predicted octanol–water partition coefficient (Wildman–Crippen LogP) is 2.12. The van der Waals surface area contributed by atoms with Crippen LogP contribution in [0.3, 0.4) is 0 Å². The quantitative estimate of drug-likeness (QED) is 0.898. The van der Waals surface area contributed by atoms with Crippen LogP contribution in [-0.2, 0) is 13.0 Å². The molecule has 2 aromatic rings. The van der Waals surface area contributed by atoms with Crippen LogP contribution in [0, 0.1) is 22.7 Å². The Morgan fingerprint density at radius 2 is 2.10 bits per heavy atom. The van der Waals surface area contributed by atoms with E-state index in [-0.39, 0.29) is 6.42 Å². The summed E-state index contributed by atoms with van der Waals surface area (Å²) < 4.78 is 2.05. The van der Waals surface area contributed by atoms with Gasteiger partial charge in [0.1, 0.15) is 11.4 Å². The van der Waals surface area contributed by atoms with Crippen LogP contribution in [-0.4, -0.2) is 15.1 Å². The standard InChI is InChI=1S/C15H17N5/c1-15(18,11-17)8-4-10-20-13-6-3-2-5-12(13)19-14(20)7-9-16/h2-3,5-6H,4,7-8,10,18H2,1H3. The van der Waals surface area contributed by atoms with Crippen LogP contribution < -0.4 is 5.73 Å². The summed E-state index contributed by atoms with van der Waals surface area (Å²) in [4.78, 5) is 4.48. The molecule has 0 saturated carbocycles. The van der Waals surface area contributed by atoms with Crippen molar-refractivity contribution in [3.63, 3.8) is 0 Å². The number of imidazole rings is 1. The number of hydrogen-bond acceptors (Lipinski definition) is 4. The summed E-state index contributed by atoms with van der Waals surface area (Å²) in [6.45, 7) is 2.45. The SMILES string of the molecule is CC(N)(C#N)CCCn1c(CC#N)nc2ccccc21. The fourth-order valence-electron chi connectivity index (χ4n) is 2.24. The van der Waals surface area contributed by atoms with Gasteiger partial charge in [-0.3, -0.25) is 0 Å². The minimum Gasteiger partial charge on any atom is -0.327 e. The molecule has 5 nitrogen and oxygen atoms in total.